The fraction of sp³-hybridized carbons (Fsp3) is 0.357. The van der Waals surface area contributed by atoms with Gasteiger partial charge < -0.3 is 5.32 Å². The van der Waals surface area contributed by atoms with Crippen molar-refractivity contribution in [2.45, 2.75) is 25.8 Å². The highest BCUT2D eigenvalue weighted by atomic mass is 35.5. The van der Waals surface area contributed by atoms with Crippen LogP contribution in [0.4, 0.5) is 0 Å². The zero-order valence-corrected chi connectivity index (χ0v) is 12.9. The summed E-state index contributed by atoms with van der Waals surface area (Å²) in [7, 11) is 0. The number of nitrogens with zero attached hydrogens (tertiary/aromatic N) is 1. The van der Waals surface area contributed by atoms with Crippen molar-refractivity contribution in [1.29, 1.82) is 0 Å². The van der Waals surface area contributed by atoms with E-state index in [1.807, 2.05) is 0 Å². The van der Waals surface area contributed by atoms with Crippen LogP contribution < -0.4 is 5.32 Å². The van der Waals surface area contributed by atoms with Gasteiger partial charge in [0.05, 0.1) is 6.04 Å². The van der Waals surface area contributed by atoms with Crippen molar-refractivity contribution in [3.8, 4) is 0 Å². The Kier molecular flexibility index (Phi) is 4.85. The lowest BCUT2D eigenvalue weighted by molar-refractivity contribution is -0.142. The molecule has 1 aliphatic heterocycles. The third-order valence-electron chi connectivity index (χ3n) is 3.26. The third-order valence-corrected chi connectivity index (χ3v) is 3.83. The van der Waals surface area contributed by atoms with E-state index in [4.69, 9.17) is 23.2 Å². The number of hydrogen-bond acceptors (Lipinski definition) is 3. The molecule has 1 fully saturated rings. The molecule has 0 radical (unpaired) electrons. The normalized spacial score (nSPS) is 16.2. The molecular formula is C14H14Cl2N2O3. The summed E-state index contributed by atoms with van der Waals surface area (Å²) in [6.07, 6.45) is 0.343. The first-order valence-corrected chi connectivity index (χ1v) is 7.21. The zero-order chi connectivity index (χ0) is 15.6. The molecule has 1 N–H and O–H groups in total. The Morgan fingerprint density at radius 2 is 1.90 bits per heavy atom. The van der Waals surface area contributed by atoms with Crippen LogP contribution in [-0.2, 0) is 14.4 Å². The molecule has 0 saturated carbocycles. The molecule has 3 amide bonds. The summed E-state index contributed by atoms with van der Waals surface area (Å²) in [5.41, 5.74) is 0.716. The molecule has 21 heavy (non-hydrogen) atoms. The standard InChI is InChI=1S/C14H14Cl2N2O3/c1-8(10-3-2-9(15)6-11(10)16)17-12(19)7-18-13(20)4-5-14(18)21/h2-3,6,8H,4-5,7H2,1H3,(H,17,19)/t8-/m0/s1. The Bertz CT molecular complexity index is 588. The maximum atomic E-state index is 11.9. The van der Waals surface area contributed by atoms with Crippen LogP contribution in [-0.4, -0.2) is 29.2 Å². The number of carbonyl (C=O) groups is 3. The molecule has 1 saturated heterocycles. The van der Waals surface area contributed by atoms with Crippen LogP contribution in [0.15, 0.2) is 18.2 Å². The molecule has 1 aromatic carbocycles. The van der Waals surface area contributed by atoms with E-state index in [1.165, 1.54) is 0 Å². The fourth-order valence-electron chi connectivity index (χ4n) is 2.16. The molecule has 0 aliphatic carbocycles. The molecule has 1 aromatic rings. The molecular weight excluding hydrogens is 315 g/mol. The lowest BCUT2D eigenvalue weighted by Gasteiger charge is -2.18. The molecule has 7 heteroatoms. The van der Waals surface area contributed by atoms with Gasteiger partial charge in [0.25, 0.3) is 0 Å². The Morgan fingerprint density at radius 3 is 2.48 bits per heavy atom. The predicted molar refractivity (Wildman–Crippen MR) is 79.0 cm³/mol. The highest BCUT2D eigenvalue weighted by Crippen LogP contribution is 2.26. The van der Waals surface area contributed by atoms with Gasteiger partial charge in [-0.25, -0.2) is 0 Å². The minimum atomic E-state index is -0.405. The van der Waals surface area contributed by atoms with Gasteiger partial charge in [-0.15, -0.1) is 0 Å². The summed E-state index contributed by atoms with van der Waals surface area (Å²) in [5, 5.41) is 3.67. The largest absolute Gasteiger partial charge is 0.348 e. The van der Waals surface area contributed by atoms with Crippen molar-refractivity contribution < 1.29 is 14.4 Å². The topological polar surface area (TPSA) is 66.5 Å². The van der Waals surface area contributed by atoms with E-state index < -0.39 is 5.91 Å². The third kappa shape index (κ3) is 3.74. The summed E-state index contributed by atoms with van der Waals surface area (Å²) >= 11 is 11.9. The van der Waals surface area contributed by atoms with Crippen molar-refractivity contribution in [1.82, 2.24) is 10.2 Å². The second kappa shape index (κ2) is 6.45. The van der Waals surface area contributed by atoms with Crippen LogP contribution >= 0.6 is 23.2 Å². The molecule has 0 unspecified atom stereocenters. The lowest BCUT2D eigenvalue weighted by Crippen LogP contribution is -2.40. The van der Waals surface area contributed by atoms with Crippen LogP contribution in [0.25, 0.3) is 0 Å². The predicted octanol–water partition coefficient (Wildman–Crippen LogP) is 2.32. The molecule has 5 nitrogen and oxygen atoms in total. The van der Waals surface area contributed by atoms with Crippen LogP contribution in [0.2, 0.25) is 10.0 Å². The number of nitrogens with one attached hydrogen (secondary N) is 1. The van der Waals surface area contributed by atoms with Crippen LogP contribution in [0.3, 0.4) is 0 Å². The average molecular weight is 329 g/mol. The van der Waals surface area contributed by atoms with Crippen molar-refractivity contribution in [3.05, 3.63) is 33.8 Å². The number of hydrogen-bond donors (Lipinski definition) is 1. The number of carbonyl (C=O) groups excluding carboxylic acids is 3. The van der Waals surface area contributed by atoms with Crippen LogP contribution in [0.1, 0.15) is 31.4 Å². The summed E-state index contributed by atoms with van der Waals surface area (Å²) in [6.45, 7) is 1.51. The summed E-state index contributed by atoms with van der Waals surface area (Å²) < 4.78 is 0. The minimum absolute atomic E-state index is 0.171. The van der Waals surface area contributed by atoms with Gasteiger partial charge in [-0.2, -0.15) is 0 Å². The molecule has 0 aromatic heterocycles. The highest BCUT2D eigenvalue weighted by Gasteiger charge is 2.30. The number of halogens is 2. The van der Waals surface area contributed by atoms with E-state index in [9.17, 15) is 14.4 Å². The van der Waals surface area contributed by atoms with E-state index in [1.54, 1.807) is 25.1 Å². The van der Waals surface area contributed by atoms with Crippen molar-refractivity contribution in [2.24, 2.45) is 0 Å². The van der Waals surface area contributed by atoms with Crippen molar-refractivity contribution >= 4 is 40.9 Å². The van der Waals surface area contributed by atoms with E-state index >= 15 is 0 Å². The number of amides is 3. The molecule has 2 rings (SSSR count). The maximum Gasteiger partial charge on any atom is 0.240 e. The second-order valence-corrected chi connectivity index (χ2v) is 5.67. The van der Waals surface area contributed by atoms with Gasteiger partial charge in [-0.05, 0) is 24.6 Å². The van der Waals surface area contributed by atoms with Gasteiger partial charge in [0.15, 0.2) is 0 Å². The molecule has 1 aliphatic rings. The van der Waals surface area contributed by atoms with E-state index in [0.29, 0.717) is 15.6 Å². The van der Waals surface area contributed by atoms with Gasteiger partial charge in [0.1, 0.15) is 6.54 Å². The Hall–Kier alpha value is -1.59. The molecule has 0 bridgehead atoms. The van der Waals surface area contributed by atoms with Crippen LogP contribution in [0, 0.1) is 0 Å². The lowest BCUT2D eigenvalue weighted by atomic mass is 10.1. The molecule has 1 heterocycles. The number of benzene rings is 1. The first kappa shape index (κ1) is 15.8. The number of rotatable bonds is 4. The summed E-state index contributed by atoms with van der Waals surface area (Å²) in [5.74, 6) is -1.03. The van der Waals surface area contributed by atoms with E-state index in [2.05, 4.69) is 5.32 Å². The monoisotopic (exact) mass is 328 g/mol. The second-order valence-electron chi connectivity index (χ2n) is 4.83. The van der Waals surface area contributed by atoms with E-state index in [-0.39, 0.29) is 37.2 Å². The van der Waals surface area contributed by atoms with Crippen molar-refractivity contribution in [3.63, 3.8) is 0 Å². The van der Waals surface area contributed by atoms with Gasteiger partial charge in [0.2, 0.25) is 17.7 Å². The maximum absolute atomic E-state index is 11.9. The number of imide groups is 1. The van der Waals surface area contributed by atoms with Crippen molar-refractivity contribution in [2.75, 3.05) is 6.54 Å². The SMILES string of the molecule is C[C@H](NC(=O)CN1C(=O)CCC1=O)c1ccc(Cl)cc1Cl. The number of likely N-dealkylation sites (tertiary alicyclic amines) is 1. The average Bonchev–Trinajstić information content (AvgIpc) is 2.70. The van der Waals surface area contributed by atoms with Crippen LogP contribution in [0.5, 0.6) is 0 Å². The fourth-order valence-corrected chi connectivity index (χ4v) is 2.73. The van der Waals surface area contributed by atoms with Gasteiger partial charge in [-0.1, -0.05) is 29.3 Å². The van der Waals surface area contributed by atoms with Gasteiger partial charge >= 0.3 is 0 Å². The Morgan fingerprint density at radius 1 is 1.29 bits per heavy atom. The first-order valence-electron chi connectivity index (χ1n) is 6.46. The Labute approximate surface area is 132 Å². The zero-order valence-electron chi connectivity index (χ0n) is 11.4. The van der Waals surface area contributed by atoms with Gasteiger partial charge in [-0.3, -0.25) is 19.3 Å². The molecule has 112 valence electrons. The smallest absolute Gasteiger partial charge is 0.240 e. The summed E-state index contributed by atoms with van der Waals surface area (Å²) in [4.78, 5) is 35.8. The quantitative estimate of drug-likeness (QED) is 0.862. The minimum Gasteiger partial charge on any atom is -0.348 e. The van der Waals surface area contributed by atoms with Gasteiger partial charge in [0, 0.05) is 22.9 Å². The van der Waals surface area contributed by atoms with E-state index in [0.717, 1.165) is 4.90 Å². The highest BCUT2D eigenvalue weighted by molar-refractivity contribution is 6.35. The Balaban J connectivity index is 1.99. The molecule has 1 atom stereocenters. The molecule has 0 spiro atoms. The summed E-state index contributed by atoms with van der Waals surface area (Å²) in [6, 6.07) is 4.64. The first-order chi connectivity index (χ1) is 9.88.